The lowest BCUT2D eigenvalue weighted by atomic mass is 9.95. The molecule has 0 radical (unpaired) electrons. The fourth-order valence-electron chi connectivity index (χ4n) is 10.0. The number of para-hydroxylation sites is 3. The fourth-order valence-corrected chi connectivity index (χ4v) is 10.0. The highest BCUT2D eigenvalue weighted by atomic mass is 15.0. The van der Waals surface area contributed by atoms with Crippen LogP contribution in [0.1, 0.15) is 0 Å². The summed E-state index contributed by atoms with van der Waals surface area (Å²) in [6.07, 6.45) is 0. The minimum Gasteiger partial charge on any atom is -0.309 e. The number of rotatable bonds is 5. The normalized spacial score (nSPS) is 11.9. The molecule has 288 valence electrons. The van der Waals surface area contributed by atoms with Crippen LogP contribution in [0.4, 0.5) is 0 Å². The number of nitrogens with zero attached hydrogens (tertiary/aromatic N) is 4. The molecule has 10 aromatic carbocycles. The number of hydrogen-bond donors (Lipinski definition) is 0. The Balaban J connectivity index is 1.04. The largest absolute Gasteiger partial charge is 0.309 e. The quantitative estimate of drug-likeness (QED) is 0.163. The lowest BCUT2D eigenvalue weighted by Gasteiger charge is -2.14. The van der Waals surface area contributed by atoms with Gasteiger partial charge in [-0.05, 0) is 81.9 Å². The molecule has 0 aliphatic rings. The van der Waals surface area contributed by atoms with Crippen molar-refractivity contribution in [2.45, 2.75) is 0 Å². The maximum Gasteiger partial charge on any atom is 0.160 e. The SMILES string of the molecule is c1ccc(-n2c3ccccc3c3c(-c4cccc5c4c4ccccc4n5-c4cccc(-c5nc(-c6cccc7ccccc67)c6ccc7ccccc7c6n5)c4)cccc32)cc1. The summed E-state index contributed by atoms with van der Waals surface area (Å²) >= 11 is 0. The molecule has 3 heterocycles. The highest BCUT2D eigenvalue weighted by Gasteiger charge is 2.22. The summed E-state index contributed by atoms with van der Waals surface area (Å²) < 4.78 is 4.81. The van der Waals surface area contributed by atoms with Gasteiger partial charge >= 0.3 is 0 Å². The second-order valence-electron chi connectivity index (χ2n) is 16.1. The van der Waals surface area contributed by atoms with E-state index in [0.29, 0.717) is 5.82 Å². The molecule has 4 heteroatoms. The zero-order valence-corrected chi connectivity index (χ0v) is 33.6. The van der Waals surface area contributed by atoms with E-state index in [2.05, 4.69) is 228 Å². The summed E-state index contributed by atoms with van der Waals surface area (Å²) in [4.78, 5) is 10.9. The number of aromatic nitrogens is 4. The lowest BCUT2D eigenvalue weighted by molar-refractivity contribution is 1.17. The van der Waals surface area contributed by atoms with Gasteiger partial charge in [-0.3, -0.25) is 0 Å². The van der Waals surface area contributed by atoms with Crippen molar-refractivity contribution < 1.29 is 0 Å². The van der Waals surface area contributed by atoms with Crippen molar-refractivity contribution in [2.24, 2.45) is 0 Å². The van der Waals surface area contributed by atoms with E-state index in [9.17, 15) is 0 Å². The second-order valence-corrected chi connectivity index (χ2v) is 16.1. The van der Waals surface area contributed by atoms with Crippen molar-refractivity contribution >= 4 is 76.1 Å². The molecule has 0 saturated carbocycles. The molecule has 0 aliphatic carbocycles. The van der Waals surface area contributed by atoms with Crippen molar-refractivity contribution in [1.82, 2.24) is 19.1 Å². The highest BCUT2D eigenvalue weighted by molar-refractivity contribution is 6.22. The van der Waals surface area contributed by atoms with Gasteiger partial charge in [0, 0.05) is 54.8 Å². The molecule has 0 N–H and O–H groups in total. The zero-order chi connectivity index (χ0) is 40.7. The highest BCUT2D eigenvalue weighted by Crippen LogP contribution is 2.44. The average molecular weight is 789 g/mol. The van der Waals surface area contributed by atoms with Gasteiger partial charge in [0.25, 0.3) is 0 Å². The van der Waals surface area contributed by atoms with Crippen LogP contribution in [-0.2, 0) is 0 Å². The van der Waals surface area contributed by atoms with Gasteiger partial charge in [-0.1, -0.05) is 164 Å². The van der Waals surface area contributed by atoms with Crippen LogP contribution in [0.5, 0.6) is 0 Å². The zero-order valence-electron chi connectivity index (χ0n) is 33.6. The first-order valence-corrected chi connectivity index (χ1v) is 21.2. The van der Waals surface area contributed by atoms with E-state index in [-0.39, 0.29) is 0 Å². The van der Waals surface area contributed by atoms with E-state index in [1.807, 2.05) is 0 Å². The van der Waals surface area contributed by atoms with Crippen LogP contribution in [0.25, 0.3) is 121 Å². The van der Waals surface area contributed by atoms with Gasteiger partial charge in [0.15, 0.2) is 5.82 Å². The first-order valence-electron chi connectivity index (χ1n) is 21.2. The number of benzene rings is 10. The van der Waals surface area contributed by atoms with Crippen molar-refractivity contribution in [1.29, 1.82) is 0 Å². The third kappa shape index (κ3) is 5.14. The topological polar surface area (TPSA) is 35.6 Å². The Morgan fingerprint density at radius 3 is 1.52 bits per heavy atom. The van der Waals surface area contributed by atoms with E-state index in [1.165, 1.54) is 54.5 Å². The van der Waals surface area contributed by atoms with Gasteiger partial charge in [0.2, 0.25) is 0 Å². The van der Waals surface area contributed by atoms with E-state index in [4.69, 9.17) is 9.97 Å². The maximum absolute atomic E-state index is 5.45. The van der Waals surface area contributed by atoms with Crippen LogP contribution in [0, 0.1) is 0 Å². The van der Waals surface area contributed by atoms with Crippen LogP contribution < -0.4 is 0 Å². The Morgan fingerprint density at radius 1 is 0.306 bits per heavy atom. The monoisotopic (exact) mass is 788 g/mol. The lowest BCUT2D eigenvalue weighted by Crippen LogP contribution is -1.98. The molecule has 3 aromatic heterocycles. The summed E-state index contributed by atoms with van der Waals surface area (Å²) in [6, 6.07) is 78.5. The van der Waals surface area contributed by atoms with Gasteiger partial charge in [-0.2, -0.15) is 0 Å². The van der Waals surface area contributed by atoms with Crippen molar-refractivity contribution in [3.8, 4) is 45.1 Å². The molecule has 0 saturated heterocycles. The van der Waals surface area contributed by atoms with Crippen molar-refractivity contribution in [3.05, 3.63) is 218 Å². The van der Waals surface area contributed by atoms with Crippen LogP contribution in [0.2, 0.25) is 0 Å². The predicted molar refractivity (Wildman–Crippen MR) is 260 cm³/mol. The van der Waals surface area contributed by atoms with E-state index in [0.717, 1.165) is 60.9 Å². The van der Waals surface area contributed by atoms with Gasteiger partial charge in [-0.25, -0.2) is 9.97 Å². The summed E-state index contributed by atoms with van der Waals surface area (Å²) in [5.41, 5.74) is 13.2. The number of hydrogen-bond acceptors (Lipinski definition) is 2. The Bertz CT molecular complexity index is 3920. The minimum atomic E-state index is 0.696. The Kier molecular flexibility index (Phi) is 7.57. The minimum absolute atomic E-state index is 0.696. The fraction of sp³-hybridized carbons (Fsp3) is 0. The van der Waals surface area contributed by atoms with Gasteiger partial charge in [-0.15, -0.1) is 0 Å². The molecule has 13 rings (SSSR count). The molecule has 62 heavy (non-hydrogen) atoms. The third-order valence-corrected chi connectivity index (χ3v) is 12.7. The number of fused-ring (bicyclic) bond motifs is 10. The van der Waals surface area contributed by atoms with Gasteiger partial charge in [0.1, 0.15) is 0 Å². The third-order valence-electron chi connectivity index (χ3n) is 12.7. The summed E-state index contributed by atoms with van der Waals surface area (Å²) in [6.45, 7) is 0. The molecule has 13 aromatic rings. The predicted octanol–water partition coefficient (Wildman–Crippen LogP) is 15.1. The van der Waals surface area contributed by atoms with E-state index < -0.39 is 0 Å². The van der Waals surface area contributed by atoms with E-state index >= 15 is 0 Å². The van der Waals surface area contributed by atoms with Gasteiger partial charge < -0.3 is 9.13 Å². The maximum atomic E-state index is 5.45. The first-order chi connectivity index (χ1) is 30.8. The molecule has 4 nitrogen and oxygen atoms in total. The molecule has 0 spiro atoms. The van der Waals surface area contributed by atoms with Crippen molar-refractivity contribution in [2.75, 3.05) is 0 Å². The average Bonchev–Trinajstić information content (AvgIpc) is 3.87. The molecule has 0 aliphatic heterocycles. The van der Waals surface area contributed by atoms with Crippen LogP contribution in [-0.4, -0.2) is 19.1 Å². The molecule has 0 amide bonds. The van der Waals surface area contributed by atoms with Gasteiger partial charge in [0.05, 0.1) is 33.3 Å². The van der Waals surface area contributed by atoms with E-state index in [1.54, 1.807) is 0 Å². The molecule has 0 bridgehead atoms. The molecule has 0 unspecified atom stereocenters. The van der Waals surface area contributed by atoms with Crippen LogP contribution >= 0.6 is 0 Å². The second kappa shape index (κ2) is 13.6. The first kappa shape index (κ1) is 34.5. The smallest absolute Gasteiger partial charge is 0.160 e. The van der Waals surface area contributed by atoms with Crippen molar-refractivity contribution in [3.63, 3.8) is 0 Å². The Hall–Kier alpha value is -8.34. The summed E-state index contributed by atoms with van der Waals surface area (Å²) in [7, 11) is 0. The molecular weight excluding hydrogens is 753 g/mol. The summed E-state index contributed by atoms with van der Waals surface area (Å²) in [5, 5.41) is 10.6. The van der Waals surface area contributed by atoms with Crippen LogP contribution in [0.15, 0.2) is 218 Å². The molecular formula is C58H36N4. The Labute approximate surface area is 357 Å². The summed E-state index contributed by atoms with van der Waals surface area (Å²) in [5.74, 6) is 0.696. The molecule has 0 atom stereocenters. The van der Waals surface area contributed by atoms with Crippen LogP contribution in [0.3, 0.4) is 0 Å². The Morgan fingerprint density at radius 2 is 0.806 bits per heavy atom. The standard InChI is InChI=1S/C58H36N4/c1-2-20-40(21-3-1)61-50-30-10-8-25-47(50)54-44(27-14-32-52(54)61)45-28-15-33-53-55(45)48-26-9-11-31-51(48)62(53)41-22-12-19-39(36-41)58-59-56-43-24-7-5-17-38(43)34-35-49(56)57(60-58)46-29-13-18-37-16-4-6-23-42(37)46/h1-36H. The molecule has 0 fully saturated rings.